The van der Waals surface area contributed by atoms with E-state index >= 15 is 0 Å². The van der Waals surface area contributed by atoms with E-state index in [2.05, 4.69) is 44.0 Å². The fourth-order valence-corrected chi connectivity index (χ4v) is 2.11. The van der Waals surface area contributed by atoms with Crippen LogP contribution in [0, 0.1) is 13.8 Å². The highest BCUT2D eigenvalue weighted by Gasteiger charge is 2.06. The minimum Gasteiger partial charge on any atom is -0.358 e. The van der Waals surface area contributed by atoms with Gasteiger partial charge in [-0.3, -0.25) is 0 Å². The lowest BCUT2D eigenvalue weighted by Crippen LogP contribution is -1.86. The Morgan fingerprint density at radius 2 is 2.00 bits per heavy atom. The number of aryl methyl sites for hydroxylation is 3. The topological polar surface area (TPSA) is 15.8 Å². The zero-order valence-electron chi connectivity index (χ0n) is 9.85. The molecule has 2 aromatic rings. The van der Waals surface area contributed by atoms with Crippen LogP contribution in [-0.4, -0.2) is 4.98 Å². The third kappa shape index (κ3) is 1.92. The molecule has 0 amide bonds. The standard InChI is InChI=1S/C14H19N/c1-4-5-6-13-11(3)12-8-7-10(2)9-14(12)15-13/h7-9,15H,4-6H2,1-3H3. The van der Waals surface area contributed by atoms with Crippen LogP contribution in [-0.2, 0) is 6.42 Å². The zero-order chi connectivity index (χ0) is 10.8. The van der Waals surface area contributed by atoms with Crippen molar-refractivity contribution < 1.29 is 0 Å². The minimum absolute atomic E-state index is 1.18. The number of nitrogens with one attached hydrogen (secondary N) is 1. The Bertz CT molecular complexity index is 465. The van der Waals surface area contributed by atoms with Crippen molar-refractivity contribution in [2.75, 3.05) is 0 Å². The van der Waals surface area contributed by atoms with E-state index in [-0.39, 0.29) is 0 Å². The summed E-state index contributed by atoms with van der Waals surface area (Å²) < 4.78 is 0. The molecule has 0 aliphatic rings. The molecule has 15 heavy (non-hydrogen) atoms. The first kappa shape index (κ1) is 10.3. The first-order chi connectivity index (χ1) is 7.22. The van der Waals surface area contributed by atoms with Gasteiger partial charge in [-0.25, -0.2) is 0 Å². The van der Waals surface area contributed by atoms with Crippen molar-refractivity contribution in [3.63, 3.8) is 0 Å². The normalized spacial score (nSPS) is 11.1. The van der Waals surface area contributed by atoms with Crippen molar-refractivity contribution >= 4 is 10.9 Å². The molecule has 0 radical (unpaired) electrons. The highest BCUT2D eigenvalue weighted by molar-refractivity contribution is 5.84. The fraction of sp³-hybridized carbons (Fsp3) is 0.429. The van der Waals surface area contributed by atoms with E-state index in [1.165, 1.54) is 47.0 Å². The van der Waals surface area contributed by atoms with Crippen LogP contribution in [0.25, 0.3) is 10.9 Å². The van der Waals surface area contributed by atoms with Gasteiger partial charge >= 0.3 is 0 Å². The second kappa shape index (κ2) is 4.09. The molecule has 1 heteroatoms. The Morgan fingerprint density at radius 3 is 2.73 bits per heavy atom. The molecule has 1 nitrogen and oxygen atoms in total. The van der Waals surface area contributed by atoms with Crippen LogP contribution in [0.15, 0.2) is 18.2 Å². The molecule has 1 aromatic carbocycles. The van der Waals surface area contributed by atoms with Gasteiger partial charge in [0.05, 0.1) is 0 Å². The molecule has 80 valence electrons. The lowest BCUT2D eigenvalue weighted by Gasteiger charge is -1.97. The van der Waals surface area contributed by atoms with Gasteiger partial charge in [-0.15, -0.1) is 0 Å². The number of rotatable bonds is 3. The summed E-state index contributed by atoms with van der Waals surface area (Å²) in [4.78, 5) is 3.54. The van der Waals surface area contributed by atoms with Gasteiger partial charge in [0.25, 0.3) is 0 Å². The van der Waals surface area contributed by atoms with Gasteiger partial charge < -0.3 is 4.98 Å². The maximum absolute atomic E-state index is 3.54. The summed E-state index contributed by atoms with van der Waals surface area (Å²) in [5, 5.41) is 1.38. The van der Waals surface area contributed by atoms with E-state index in [0.717, 1.165) is 0 Å². The van der Waals surface area contributed by atoms with Gasteiger partial charge in [0.15, 0.2) is 0 Å². The van der Waals surface area contributed by atoms with E-state index in [4.69, 9.17) is 0 Å². The molecule has 0 atom stereocenters. The second-order valence-corrected chi connectivity index (χ2v) is 4.38. The van der Waals surface area contributed by atoms with E-state index in [1.807, 2.05) is 0 Å². The molecule has 0 aliphatic carbocycles. The number of hydrogen-bond acceptors (Lipinski definition) is 0. The molecule has 0 fully saturated rings. The smallest absolute Gasteiger partial charge is 0.0461 e. The number of benzene rings is 1. The maximum Gasteiger partial charge on any atom is 0.0461 e. The molecule has 0 bridgehead atoms. The van der Waals surface area contributed by atoms with Crippen molar-refractivity contribution in [1.29, 1.82) is 0 Å². The SMILES string of the molecule is CCCCc1[nH]c2cc(C)ccc2c1C. The van der Waals surface area contributed by atoms with Crippen LogP contribution in [0.2, 0.25) is 0 Å². The third-order valence-corrected chi connectivity index (χ3v) is 3.10. The molecule has 0 saturated heterocycles. The molecule has 1 aromatic heterocycles. The number of fused-ring (bicyclic) bond motifs is 1. The van der Waals surface area contributed by atoms with Gasteiger partial charge in [0.2, 0.25) is 0 Å². The molecule has 0 aliphatic heterocycles. The third-order valence-electron chi connectivity index (χ3n) is 3.10. The Balaban J connectivity index is 2.44. The molecule has 1 heterocycles. The lowest BCUT2D eigenvalue weighted by molar-refractivity contribution is 0.779. The molecule has 0 saturated carbocycles. The number of aromatic amines is 1. The molecule has 1 N–H and O–H groups in total. The van der Waals surface area contributed by atoms with Crippen LogP contribution in [0.4, 0.5) is 0 Å². The monoisotopic (exact) mass is 201 g/mol. The molecule has 0 spiro atoms. The van der Waals surface area contributed by atoms with Crippen molar-refractivity contribution in [3.8, 4) is 0 Å². The first-order valence-electron chi connectivity index (χ1n) is 5.80. The minimum atomic E-state index is 1.18. The van der Waals surface area contributed by atoms with Crippen LogP contribution < -0.4 is 0 Å². The van der Waals surface area contributed by atoms with E-state index in [1.54, 1.807) is 0 Å². The van der Waals surface area contributed by atoms with E-state index in [9.17, 15) is 0 Å². The second-order valence-electron chi connectivity index (χ2n) is 4.38. The Labute approximate surface area is 91.5 Å². The summed E-state index contributed by atoms with van der Waals surface area (Å²) in [7, 11) is 0. The summed E-state index contributed by atoms with van der Waals surface area (Å²) in [5.41, 5.74) is 5.46. The van der Waals surface area contributed by atoms with Crippen LogP contribution in [0.5, 0.6) is 0 Å². The molecular weight excluding hydrogens is 182 g/mol. The van der Waals surface area contributed by atoms with Crippen molar-refractivity contribution in [3.05, 3.63) is 35.0 Å². The maximum atomic E-state index is 3.54. The van der Waals surface area contributed by atoms with Crippen LogP contribution in [0.1, 0.15) is 36.6 Å². The summed E-state index contributed by atoms with van der Waals surface area (Å²) in [6.07, 6.45) is 3.70. The van der Waals surface area contributed by atoms with Crippen molar-refractivity contribution in [2.24, 2.45) is 0 Å². The van der Waals surface area contributed by atoms with Crippen molar-refractivity contribution in [2.45, 2.75) is 40.0 Å². The summed E-state index contributed by atoms with van der Waals surface area (Å²) >= 11 is 0. The van der Waals surface area contributed by atoms with E-state index < -0.39 is 0 Å². The van der Waals surface area contributed by atoms with Gasteiger partial charge in [0, 0.05) is 16.6 Å². The van der Waals surface area contributed by atoms with Crippen molar-refractivity contribution in [1.82, 2.24) is 4.98 Å². The van der Waals surface area contributed by atoms with Crippen LogP contribution >= 0.6 is 0 Å². The largest absolute Gasteiger partial charge is 0.358 e. The number of aromatic nitrogens is 1. The lowest BCUT2D eigenvalue weighted by atomic mass is 10.1. The highest BCUT2D eigenvalue weighted by Crippen LogP contribution is 2.23. The van der Waals surface area contributed by atoms with Gasteiger partial charge in [0.1, 0.15) is 0 Å². The van der Waals surface area contributed by atoms with Gasteiger partial charge in [-0.2, -0.15) is 0 Å². The number of hydrogen-bond donors (Lipinski definition) is 1. The molecule has 0 unspecified atom stereocenters. The average molecular weight is 201 g/mol. The number of H-pyrrole nitrogens is 1. The summed E-state index contributed by atoms with van der Waals surface area (Å²) in [6, 6.07) is 6.65. The quantitative estimate of drug-likeness (QED) is 0.768. The number of unbranched alkanes of at least 4 members (excludes halogenated alkanes) is 1. The van der Waals surface area contributed by atoms with E-state index in [0.29, 0.717) is 0 Å². The first-order valence-corrected chi connectivity index (χ1v) is 5.80. The molecule has 2 rings (SSSR count). The predicted molar refractivity (Wildman–Crippen MR) is 66.4 cm³/mol. The highest BCUT2D eigenvalue weighted by atomic mass is 14.7. The Morgan fingerprint density at radius 1 is 1.20 bits per heavy atom. The molecular formula is C14H19N. The average Bonchev–Trinajstić information content (AvgIpc) is 2.52. The summed E-state index contributed by atoms with van der Waals surface area (Å²) in [5.74, 6) is 0. The summed E-state index contributed by atoms with van der Waals surface area (Å²) in [6.45, 7) is 6.60. The Kier molecular flexibility index (Phi) is 2.81. The van der Waals surface area contributed by atoms with Gasteiger partial charge in [-0.1, -0.05) is 25.5 Å². The van der Waals surface area contributed by atoms with Gasteiger partial charge in [-0.05, 0) is 43.9 Å². The zero-order valence-corrected chi connectivity index (χ0v) is 9.85. The fourth-order valence-electron chi connectivity index (χ4n) is 2.11. The Hall–Kier alpha value is -1.24. The predicted octanol–water partition coefficient (Wildman–Crippen LogP) is 4.13. The van der Waals surface area contributed by atoms with Crippen LogP contribution in [0.3, 0.4) is 0 Å².